The highest BCUT2D eigenvalue weighted by Gasteiger charge is 2.36. The SMILES string of the molecule is CNC(C)(C)C(=O)N1CCCCC1CC(=O)OC. The zero-order valence-corrected chi connectivity index (χ0v) is 11.8. The number of ether oxygens (including phenoxy) is 1. The van der Waals surface area contributed by atoms with Crippen molar-refractivity contribution in [2.45, 2.75) is 51.1 Å². The maximum Gasteiger partial charge on any atom is 0.307 e. The van der Waals surface area contributed by atoms with E-state index in [-0.39, 0.29) is 17.9 Å². The van der Waals surface area contributed by atoms with Gasteiger partial charge in [0.25, 0.3) is 0 Å². The number of carbonyl (C=O) groups excluding carboxylic acids is 2. The minimum Gasteiger partial charge on any atom is -0.469 e. The number of hydrogen-bond acceptors (Lipinski definition) is 4. The number of carbonyl (C=O) groups is 2. The summed E-state index contributed by atoms with van der Waals surface area (Å²) in [7, 11) is 3.16. The van der Waals surface area contributed by atoms with Crippen LogP contribution in [0.3, 0.4) is 0 Å². The van der Waals surface area contributed by atoms with Crippen LogP contribution in [0, 0.1) is 0 Å². The molecule has 1 aliphatic heterocycles. The van der Waals surface area contributed by atoms with E-state index in [1.807, 2.05) is 18.7 Å². The predicted octanol–water partition coefficient (Wildman–Crippen LogP) is 0.929. The van der Waals surface area contributed by atoms with E-state index in [0.717, 1.165) is 25.8 Å². The molecular formula is C13H24N2O3. The lowest BCUT2D eigenvalue weighted by atomic mass is 9.95. The molecule has 1 saturated heterocycles. The second-order valence-electron chi connectivity index (χ2n) is 5.30. The molecule has 1 N–H and O–H groups in total. The van der Waals surface area contributed by atoms with Crippen molar-refractivity contribution >= 4 is 11.9 Å². The Morgan fingerprint density at radius 2 is 2.06 bits per heavy atom. The summed E-state index contributed by atoms with van der Waals surface area (Å²) in [5, 5.41) is 3.02. The van der Waals surface area contributed by atoms with E-state index >= 15 is 0 Å². The van der Waals surface area contributed by atoms with E-state index in [1.54, 1.807) is 7.05 Å². The van der Waals surface area contributed by atoms with Crippen molar-refractivity contribution in [3.63, 3.8) is 0 Å². The lowest BCUT2D eigenvalue weighted by Crippen LogP contribution is -2.57. The van der Waals surface area contributed by atoms with Crippen LogP contribution in [0.1, 0.15) is 39.5 Å². The summed E-state index contributed by atoms with van der Waals surface area (Å²) < 4.78 is 4.70. The monoisotopic (exact) mass is 256 g/mol. The number of hydrogen-bond donors (Lipinski definition) is 1. The van der Waals surface area contributed by atoms with Gasteiger partial charge in [-0.1, -0.05) is 0 Å². The molecule has 0 bridgehead atoms. The molecular weight excluding hydrogens is 232 g/mol. The Morgan fingerprint density at radius 1 is 1.39 bits per heavy atom. The number of nitrogens with zero attached hydrogens (tertiary/aromatic N) is 1. The first-order valence-electron chi connectivity index (χ1n) is 6.49. The van der Waals surface area contributed by atoms with Crippen LogP contribution in [0.5, 0.6) is 0 Å². The number of nitrogens with one attached hydrogen (secondary N) is 1. The van der Waals surface area contributed by atoms with Crippen molar-refractivity contribution < 1.29 is 14.3 Å². The molecule has 5 nitrogen and oxygen atoms in total. The maximum atomic E-state index is 12.4. The topological polar surface area (TPSA) is 58.6 Å². The van der Waals surface area contributed by atoms with Gasteiger partial charge in [0.2, 0.25) is 5.91 Å². The number of amides is 1. The summed E-state index contributed by atoms with van der Waals surface area (Å²) in [6.45, 7) is 4.45. The van der Waals surface area contributed by atoms with Crippen molar-refractivity contribution in [2.24, 2.45) is 0 Å². The first kappa shape index (κ1) is 15.0. The van der Waals surface area contributed by atoms with Gasteiger partial charge in [-0.3, -0.25) is 9.59 Å². The van der Waals surface area contributed by atoms with Gasteiger partial charge in [-0.05, 0) is 40.2 Å². The lowest BCUT2D eigenvalue weighted by molar-refractivity contribution is -0.146. The van der Waals surface area contributed by atoms with Crippen LogP contribution in [-0.4, -0.2) is 49.1 Å². The van der Waals surface area contributed by atoms with E-state index in [4.69, 9.17) is 4.74 Å². The Labute approximate surface area is 109 Å². The third-order valence-electron chi connectivity index (χ3n) is 3.68. The van der Waals surface area contributed by atoms with Gasteiger partial charge in [0, 0.05) is 12.6 Å². The fourth-order valence-electron chi connectivity index (χ4n) is 2.22. The van der Waals surface area contributed by atoms with Crippen LogP contribution in [0.15, 0.2) is 0 Å². The summed E-state index contributed by atoms with van der Waals surface area (Å²) in [5.74, 6) is -0.194. The molecule has 0 aliphatic carbocycles. The molecule has 1 heterocycles. The van der Waals surface area contributed by atoms with Gasteiger partial charge in [0.15, 0.2) is 0 Å². The summed E-state index contributed by atoms with van der Waals surface area (Å²) in [6.07, 6.45) is 3.23. The van der Waals surface area contributed by atoms with Crippen LogP contribution < -0.4 is 5.32 Å². The lowest BCUT2D eigenvalue weighted by Gasteiger charge is -2.39. The third kappa shape index (κ3) is 3.45. The first-order valence-corrected chi connectivity index (χ1v) is 6.49. The fraction of sp³-hybridized carbons (Fsp3) is 0.846. The highest BCUT2D eigenvalue weighted by atomic mass is 16.5. The van der Waals surface area contributed by atoms with Gasteiger partial charge in [-0.25, -0.2) is 0 Å². The number of piperidine rings is 1. The smallest absolute Gasteiger partial charge is 0.307 e. The molecule has 0 radical (unpaired) electrons. The van der Waals surface area contributed by atoms with Gasteiger partial charge in [-0.2, -0.15) is 0 Å². The van der Waals surface area contributed by atoms with E-state index in [0.29, 0.717) is 6.42 Å². The molecule has 1 aliphatic rings. The molecule has 1 unspecified atom stereocenters. The highest BCUT2D eigenvalue weighted by molar-refractivity contribution is 5.86. The Hall–Kier alpha value is -1.10. The predicted molar refractivity (Wildman–Crippen MR) is 69.1 cm³/mol. The second kappa shape index (κ2) is 6.18. The molecule has 0 spiro atoms. The van der Waals surface area contributed by atoms with E-state index in [9.17, 15) is 9.59 Å². The van der Waals surface area contributed by atoms with Crippen molar-refractivity contribution in [2.75, 3.05) is 20.7 Å². The zero-order valence-electron chi connectivity index (χ0n) is 11.8. The third-order valence-corrected chi connectivity index (χ3v) is 3.68. The van der Waals surface area contributed by atoms with Crippen LogP contribution in [-0.2, 0) is 14.3 Å². The summed E-state index contributed by atoms with van der Waals surface area (Å²) in [5.41, 5.74) is -0.592. The van der Waals surface area contributed by atoms with E-state index < -0.39 is 5.54 Å². The van der Waals surface area contributed by atoms with Gasteiger partial charge in [0.05, 0.1) is 19.1 Å². The van der Waals surface area contributed by atoms with Crippen LogP contribution in [0.25, 0.3) is 0 Å². The minimum absolute atomic E-state index is 0.0219. The molecule has 0 saturated carbocycles. The quantitative estimate of drug-likeness (QED) is 0.760. The van der Waals surface area contributed by atoms with E-state index in [2.05, 4.69) is 5.32 Å². The standard InChI is InChI=1S/C13H24N2O3/c1-13(2,14-3)12(17)15-8-6-5-7-10(15)9-11(16)18-4/h10,14H,5-9H2,1-4H3. The highest BCUT2D eigenvalue weighted by Crippen LogP contribution is 2.23. The molecule has 0 aromatic heterocycles. The molecule has 5 heteroatoms. The molecule has 1 rings (SSSR count). The molecule has 0 aromatic carbocycles. The summed E-state index contributed by atoms with van der Waals surface area (Å²) >= 11 is 0. The summed E-state index contributed by atoms with van der Waals surface area (Å²) in [6, 6.07) is -0.0219. The maximum absolute atomic E-state index is 12.4. The summed E-state index contributed by atoms with van der Waals surface area (Å²) in [4.78, 5) is 25.7. The Bertz CT molecular complexity index is 315. The molecule has 0 aromatic rings. The number of likely N-dealkylation sites (tertiary alicyclic amines) is 1. The van der Waals surface area contributed by atoms with E-state index in [1.165, 1.54) is 7.11 Å². The van der Waals surface area contributed by atoms with Crippen molar-refractivity contribution in [1.29, 1.82) is 0 Å². The molecule has 1 fully saturated rings. The zero-order chi connectivity index (χ0) is 13.8. The normalized spacial score (nSPS) is 20.7. The molecule has 18 heavy (non-hydrogen) atoms. The largest absolute Gasteiger partial charge is 0.469 e. The Kier molecular flexibility index (Phi) is 5.14. The van der Waals surface area contributed by atoms with Crippen molar-refractivity contribution in [1.82, 2.24) is 10.2 Å². The van der Waals surface area contributed by atoms with Crippen molar-refractivity contribution in [3.05, 3.63) is 0 Å². The van der Waals surface area contributed by atoms with Gasteiger partial charge in [0.1, 0.15) is 0 Å². The Morgan fingerprint density at radius 3 is 2.61 bits per heavy atom. The van der Waals surface area contributed by atoms with Crippen LogP contribution >= 0.6 is 0 Å². The Balaban J connectivity index is 2.76. The number of rotatable bonds is 4. The minimum atomic E-state index is -0.592. The average molecular weight is 256 g/mol. The van der Waals surface area contributed by atoms with Gasteiger partial charge >= 0.3 is 5.97 Å². The number of esters is 1. The number of methoxy groups -OCH3 is 1. The van der Waals surface area contributed by atoms with Crippen LogP contribution in [0.4, 0.5) is 0 Å². The van der Waals surface area contributed by atoms with Crippen molar-refractivity contribution in [3.8, 4) is 0 Å². The average Bonchev–Trinajstić information content (AvgIpc) is 2.38. The number of likely N-dealkylation sites (N-methyl/N-ethyl adjacent to an activating group) is 1. The van der Waals surface area contributed by atoms with Gasteiger partial charge < -0.3 is 15.0 Å². The van der Waals surface area contributed by atoms with Crippen LogP contribution in [0.2, 0.25) is 0 Å². The fourth-order valence-corrected chi connectivity index (χ4v) is 2.22. The first-order chi connectivity index (χ1) is 8.42. The molecule has 104 valence electrons. The van der Waals surface area contributed by atoms with Gasteiger partial charge in [-0.15, -0.1) is 0 Å². The second-order valence-corrected chi connectivity index (χ2v) is 5.30. The molecule has 1 atom stereocenters. The molecule has 1 amide bonds.